The lowest BCUT2D eigenvalue weighted by Crippen LogP contribution is -2.25. The van der Waals surface area contributed by atoms with Gasteiger partial charge >= 0.3 is 6.18 Å². The lowest BCUT2D eigenvalue weighted by atomic mass is 10.1. The van der Waals surface area contributed by atoms with Crippen molar-refractivity contribution >= 4 is 21.8 Å². The molecule has 1 aliphatic rings. The van der Waals surface area contributed by atoms with Gasteiger partial charge in [0, 0.05) is 35.1 Å². The number of carbonyl (C=O) groups is 1. The molecule has 1 amide bonds. The van der Waals surface area contributed by atoms with Gasteiger partial charge in [0.05, 0.1) is 17.5 Å². The molecule has 0 atom stereocenters. The number of hydrogen-bond donors (Lipinski definition) is 1. The molecule has 4 rings (SSSR count). The van der Waals surface area contributed by atoms with Gasteiger partial charge in [0.15, 0.2) is 0 Å². The zero-order valence-corrected chi connectivity index (χ0v) is 17.3. The molecule has 9 heteroatoms. The second-order valence-electron chi connectivity index (χ2n) is 6.87. The smallest absolute Gasteiger partial charge is 0.416 e. The largest absolute Gasteiger partial charge is 0.489 e. The third kappa shape index (κ3) is 4.07. The van der Waals surface area contributed by atoms with Crippen molar-refractivity contribution in [2.45, 2.75) is 19.3 Å². The van der Waals surface area contributed by atoms with Crippen LogP contribution in [-0.2, 0) is 19.3 Å². The van der Waals surface area contributed by atoms with Gasteiger partial charge in [0.2, 0.25) is 0 Å². The van der Waals surface area contributed by atoms with Crippen molar-refractivity contribution in [2.75, 3.05) is 11.9 Å². The molecule has 0 fully saturated rings. The number of nitrogens with zero attached hydrogens (tertiary/aromatic N) is 2. The van der Waals surface area contributed by atoms with Crippen LogP contribution in [0.3, 0.4) is 0 Å². The van der Waals surface area contributed by atoms with Crippen LogP contribution >= 0.6 is 15.9 Å². The summed E-state index contributed by atoms with van der Waals surface area (Å²) in [5.74, 6) is 0.580. The number of alkyl halides is 4. The highest BCUT2D eigenvalue weighted by Crippen LogP contribution is 2.33. The van der Waals surface area contributed by atoms with Crippen molar-refractivity contribution in [2.24, 2.45) is 0 Å². The van der Waals surface area contributed by atoms with Crippen LogP contribution in [0.5, 0.6) is 5.75 Å². The Bertz CT molecular complexity index is 1080. The van der Waals surface area contributed by atoms with E-state index in [1.54, 1.807) is 23.1 Å². The van der Waals surface area contributed by atoms with Crippen molar-refractivity contribution in [1.29, 1.82) is 0 Å². The normalized spacial score (nSPS) is 13.6. The second-order valence-corrected chi connectivity index (χ2v) is 7.67. The van der Waals surface area contributed by atoms with Gasteiger partial charge in [-0.25, -0.2) is 0 Å². The van der Waals surface area contributed by atoms with Crippen LogP contribution in [-0.4, -0.2) is 32.9 Å². The van der Waals surface area contributed by atoms with Crippen molar-refractivity contribution < 1.29 is 22.7 Å². The minimum atomic E-state index is -4.42. The number of amides is 1. The van der Waals surface area contributed by atoms with E-state index >= 15 is 0 Å². The molecule has 0 bridgehead atoms. The number of halogens is 4. The van der Waals surface area contributed by atoms with Crippen LogP contribution in [0.2, 0.25) is 0 Å². The van der Waals surface area contributed by atoms with Gasteiger partial charge in [-0.15, -0.1) is 0 Å². The van der Waals surface area contributed by atoms with Crippen LogP contribution in [0.1, 0.15) is 27.0 Å². The second kappa shape index (κ2) is 8.14. The minimum absolute atomic E-state index is 0.00216. The lowest BCUT2D eigenvalue weighted by molar-refractivity contribution is -0.137. The first-order valence-electron chi connectivity index (χ1n) is 9.17. The Morgan fingerprint density at radius 2 is 2.03 bits per heavy atom. The molecule has 0 saturated heterocycles. The third-order valence-corrected chi connectivity index (χ3v) is 5.26. The van der Waals surface area contributed by atoms with Gasteiger partial charge in [-0.1, -0.05) is 28.1 Å². The summed E-state index contributed by atoms with van der Waals surface area (Å²) >= 11 is 3.34. The molecule has 156 valence electrons. The molecule has 0 aliphatic carbocycles. The summed E-state index contributed by atoms with van der Waals surface area (Å²) < 4.78 is 44.9. The summed E-state index contributed by atoms with van der Waals surface area (Å²) in [6.07, 6.45) is -2.89. The van der Waals surface area contributed by atoms with E-state index in [0.29, 0.717) is 46.6 Å². The van der Waals surface area contributed by atoms with E-state index in [2.05, 4.69) is 26.1 Å². The first kappa shape index (κ1) is 20.5. The van der Waals surface area contributed by atoms with Crippen LogP contribution in [0.4, 0.5) is 13.2 Å². The Labute approximate surface area is 179 Å². The quantitative estimate of drug-likeness (QED) is 0.504. The van der Waals surface area contributed by atoms with E-state index in [0.717, 1.165) is 17.7 Å². The van der Waals surface area contributed by atoms with Crippen LogP contribution < -0.4 is 4.74 Å². The molecule has 30 heavy (non-hydrogen) atoms. The molecule has 0 radical (unpaired) electrons. The van der Waals surface area contributed by atoms with Gasteiger partial charge in [-0.2, -0.15) is 18.3 Å². The average Bonchev–Trinajstić information content (AvgIpc) is 3.31. The molecule has 1 aromatic heterocycles. The molecule has 2 aromatic carbocycles. The van der Waals surface area contributed by atoms with Crippen molar-refractivity contribution in [3.8, 4) is 17.0 Å². The fourth-order valence-electron chi connectivity index (χ4n) is 3.41. The fraction of sp³-hybridized carbons (Fsp3) is 0.238. The van der Waals surface area contributed by atoms with Crippen LogP contribution in [0.15, 0.2) is 48.7 Å². The monoisotopic (exact) mass is 479 g/mol. The maximum atomic E-state index is 13.0. The molecule has 0 saturated carbocycles. The number of benzene rings is 2. The van der Waals surface area contributed by atoms with Crippen LogP contribution in [0, 0.1) is 0 Å². The molecular formula is C21H17BrF3N3O2. The molecular weight excluding hydrogens is 463 g/mol. The third-order valence-electron chi connectivity index (χ3n) is 4.90. The fourth-order valence-corrected chi connectivity index (χ4v) is 3.84. The Kier molecular flexibility index (Phi) is 5.55. The standard InChI is InChI=1S/C21H17BrF3N3O2/c22-6-7-28-11-14-9-17(4-5-18(14)20(28)29)30-12-15-10-26-27-19(15)13-2-1-3-16(8-13)21(23,24)25/h1-5,8-10H,6-7,11-12H2,(H,26,27). The van der Waals surface area contributed by atoms with Gasteiger partial charge < -0.3 is 9.64 Å². The number of rotatable bonds is 6. The van der Waals surface area contributed by atoms with Gasteiger partial charge in [-0.05, 0) is 35.9 Å². The molecule has 1 aliphatic heterocycles. The van der Waals surface area contributed by atoms with Crippen LogP contribution in [0.25, 0.3) is 11.3 Å². The van der Waals surface area contributed by atoms with Crippen molar-refractivity contribution in [3.05, 3.63) is 70.9 Å². The molecule has 5 nitrogen and oxygen atoms in total. The summed E-state index contributed by atoms with van der Waals surface area (Å²) in [5, 5.41) is 7.41. The topological polar surface area (TPSA) is 58.2 Å². The predicted molar refractivity (Wildman–Crippen MR) is 108 cm³/mol. The first-order valence-corrected chi connectivity index (χ1v) is 10.3. The number of nitrogens with one attached hydrogen (secondary N) is 1. The summed E-state index contributed by atoms with van der Waals surface area (Å²) in [6, 6.07) is 10.3. The zero-order chi connectivity index (χ0) is 21.3. The lowest BCUT2D eigenvalue weighted by Gasteiger charge is -2.12. The zero-order valence-electron chi connectivity index (χ0n) is 15.7. The minimum Gasteiger partial charge on any atom is -0.489 e. The summed E-state index contributed by atoms with van der Waals surface area (Å²) in [7, 11) is 0. The maximum Gasteiger partial charge on any atom is 0.416 e. The molecule has 1 N–H and O–H groups in total. The van der Waals surface area contributed by atoms with Crippen molar-refractivity contribution in [1.82, 2.24) is 15.1 Å². The number of aromatic nitrogens is 2. The molecule has 3 aromatic rings. The maximum absolute atomic E-state index is 13.0. The Morgan fingerprint density at radius 3 is 2.80 bits per heavy atom. The summed E-state index contributed by atoms with van der Waals surface area (Å²) in [4.78, 5) is 14.1. The van der Waals surface area contributed by atoms with E-state index in [1.807, 2.05) is 6.07 Å². The first-order chi connectivity index (χ1) is 14.4. The average molecular weight is 480 g/mol. The summed E-state index contributed by atoms with van der Waals surface area (Å²) in [6.45, 7) is 1.27. The van der Waals surface area contributed by atoms with Gasteiger partial charge in [-0.3, -0.25) is 9.89 Å². The van der Waals surface area contributed by atoms with Gasteiger partial charge in [0.25, 0.3) is 5.91 Å². The SMILES string of the molecule is O=C1c2ccc(OCc3cn[nH]c3-c3cccc(C(F)(F)F)c3)cc2CN1CCBr. The number of carbonyl (C=O) groups excluding carboxylic acids is 1. The Hall–Kier alpha value is -2.81. The Balaban J connectivity index is 1.50. The van der Waals surface area contributed by atoms with E-state index in [9.17, 15) is 18.0 Å². The summed E-state index contributed by atoms with van der Waals surface area (Å²) in [5.41, 5.74) is 2.32. The van der Waals surface area contributed by atoms with E-state index in [4.69, 9.17) is 4.74 Å². The number of aromatic amines is 1. The predicted octanol–water partition coefficient (Wildman–Crippen LogP) is 5.03. The van der Waals surface area contributed by atoms with E-state index in [-0.39, 0.29) is 12.5 Å². The highest BCUT2D eigenvalue weighted by Gasteiger charge is 2.31. The number of hydrogen-bond acceptors (Lipinski definition) is 3. The van der Waals surface area contributed by atoms with Gasteiger partial charge in [0.1, 0.15) is 12.4 Å². The highest BCUT2D eigenvalue weighted by molar-refractivity contribution is 9.09. The number of fused-ring (bicyclic) bond motifs is 1. The number of H-pyrrole nitrogens is 1. The molecule has 2 heterocycles. The highest BCUT2D eigenvalue weighted by atomic mass is 79.9. The molecule has 0 spiro atoms. The van der Waals surface area contributed by atoms with E-state index in [1.165, 1.54) is 12.3 Å². The number of ether oxygens (including phenoxy) is 1. The van der Waals surface area contributed by atoms with Crippen molar-refractivity contribution in [3.63, 3.8) is 0 Å². The molecule has 0 unspecified atom stereocenters. The Morgan fingerprint density at radius 1 is 1.20 bits per heavy atom. The van der Waals surface area contributed by atoms with E-state index < -0.39 is 11.7 Å².